The Labute approximate surface area is 228 Å². The Kier molecular flexibility index (Phi) is 8.55. The number of carbonyl (C=O) groups excluding carboxylic acids is 1. The van der Waals surface area contributed by atoms with Gasteiger partial charge in [0.2, 0.25) is 10.0 Å². The Hall–Kier alpha value is -2.42. The zero-order valence-corrected chi connectivity index (χ0v) is 24.2. The number of sulfonamides is 1. The summed E-state index contributed by atoms with van der Waals surface area (Å²) < 4.78 is 33.7. The van der Waals surface area contributed by atoms with Crippen LogP contribution in [0.2, 0.25) is 0 Å². The second kappa shape index (κ2) is 11.4. The van der Waals surface area contributed by atoms with Crippen LogP contribution in [0.1, 0.15) is 65.4 Å². The Balaban J connectivity index is 1.45. The first-order valence-corrected chi connectivity index (χ1v) is 15.1. The number of fused-ring (bicyclic) bond motifs is 2. The minimum Gasteiger partial charge on any atom is -0.444 e. The summed E-state index contributed by atoms with van der Waals surface area (Å²) >= 11 is 0. The largest absolute Gasteiger partial charge is 0.444 e. The molecule has 2 heterocycles. The van der Waals surface area contributed by atoms with Gasteiger partial charge >= 0.3 is 6.09 Å². The van der Waals surface area contributed by atoms with Crippen molar-refractivity contribution in [3.05, 3.63) is 66.2 Å². The van der Waals surface area contributed by atoms with Crippen molar-refractivity contribution in [3.8, 4) is 0 Å². The molecule has 2 fully saturated rings. The third kappa shape index (κ3) is 6.77. The molecule has 2 aromatic rings. The number of carbonyl (C=O) groups is 1. The minimum absolute atomic E-state index is 0.126. The number of hydrogen-bond acceptors (Lipinski definition) is 5. The van der Waals surface area contributed by atoms with Gasteiger partial charge in [-0.2, -0.15) is 0 Å². The molecular formula is C30H43N3O4S. The fraction of sp³-hybridized carbons (Fsp3) is 0.567. The van der Waals surface area contributed by atoms with Gasteiger partial charge in [-0.05, 0) is 77.1 Å². The van der Waals surface area contributed by atoms with Crippen molar-refractivity contribution in [2.24, 2.45) is 0 Å². The Bertz CT molecular complexity index is 1170. The number of alkyl carbamates (subject to hydrolysis) is 1. The quantitative estimate of drug-likeness (QED) is 0.474. The summed E-state index contributed by atoms with van der Waals surface area (Å²) in [5.41, 5.74) is 0.277. The van der Waals surface area contributed by atoms with Gasteiger partial charge in [-0.1, -0.05) is 55.5 Å². The second-order valence-electron chi connectivity index (χ2n) is 12.2. The van der Waals surface area contributed by atoms with Crippen LogP contribution < -0.4 is 5.32 Å². The van der Waals surface area contributed by atoms with Crippen LogP contribution in [0.15, 0.2) is 65.6 Å². The molecule has 2 aromatic carbocycles. The van der Waals surface area contributed by atoms with Crippen molar-refractivity contribution in [1.82, 2.24) is 14.5 Å². The lowest BCUT2D eigenvalue weighted by Crippen LogP contribution is -2.52. The normalized spacial score (nSPS) is 23.7. The topological polar surface area (TPSA) is 79.0 Å². The molecule has 1 amide bonds. The van der Waals surface area contributed by atoms with Gasteiger partial charge in [0.05, 0.1) is 4.90 Å². The number of benzene rings is 2. The third-order valence-electron chi connectivity index (χ3n) is 8.02. The van der Waals surface area contributed by atoms with Crippen molar-refractivity contribution in [2.45, 2.75) is 93.8 Å². The summed E-state index contributed by atoms with van der Waals surface area (Å²) in [6, 6.07) is 19.9. The van der Waals surface area contributed by atoms with Crippen LogP contribution in [-0.4, -0.2) is 67.6 Å². The van der Waals surface area contributed by atoms with Gasteiger partial charge in [0.25, 0.3) is 0 Å². The highest BCUT2D eigenvalue weighted by atomic mass is 32.2. The smallest absolute Gasteiger partial charge is 0.407 e. The lowest BCUT2D eigenvalue weighted by Gasteiger charge is -2.42. The molecule has 0 aromatic heterocycles. The summed E-state index contributed by atoms with van der Waals surface area (Å²) in [6.07, 6.45) is 4.58. The number of hydrogen-bond donors (Lipinski definition) is 1. The van der Waals surface area contributed by atoms with E-state index in [2.05, 4.69) is 29.3 Å². The molecule has 1 N–H and O–H groups in total. The van der Waals surface area contributed by atoms with E-state index >= 15 is 0 Å². The number of likely N-dealkylation sites (N-methyl/N-ethyl adjacent to an activating group) is 1. The van der Waals surface area contributed by atoms with Crippen molar-refractivity contribution in [1.29, 1.82) is 0 Å². The lowest BCUT2D eigenvalue weighted by atomic mass is 9.79. The molecular weight excluding hydrogens is 498 g/mol. The molecule has 3 unspecified atom stereocenters. The van der Waals surface area contributed by atoms with Gasteiger partial charge in [-0.25, -0.2) is 17.5 Å². The Morgan fingerprint density at radius 2 is 1.53 bits per heavy atom. The van der Waals surface area contributed by atoms with Crippen LogP contribution in [0.5, 0.6) is 0 Å². The molecule has 38 heavy (non-hydrogen) atoms. The van der Waals surface area contributed by atoms with E-state index < -0.39 is 15.6 Å². The van der Waals surface area contributed by atoms with Gasteiger partial charge in [0.15, 0.2) is 0 Å². The van der Waals surface area contributed by atoms with Crippen LogP contribution in [0, 0.1) is 0 Å². The lowest BCUT2D eigenvalue weighted by molar-refractivity contribution is 0.0437. The molecule has 0 spiro atoms. The molecule has 7 nitrogen and oxygen atoms in total. The molecule has 3 atom stereocenters. The van der Waals surface area contributed by atoms with Crippen LogP contribution in [0.25, 0.3) is 0 Å². The van der Waals surface area contributed by atoms with Crippen LogP contribution in [0.4, 0.5) is 4.79 Å². The predicted octanol–water partition coefficient (Wildman–Crippen LogP) is 5.18. The fourth-order valence-corrected chi connectivity index (χ4v) is 7.43. The Morgan fingerprint density at radius 1 is 0.974 bits per heavy atom. The monoisotopic (exact) mass is 541 g/mol. The van der Waals surface area contributed by atoms with Gasteiger partial charge in [-0.3, -0.25) is 4.90 Å². The van der Waals surface area contributed by atoms with Crippen molar-refractivity contribution >= 4 is 16.1 Å². The van der Waals surface area contributed by atoms with E-state index in [-0.39, 0.29) is 17.6 Å². The molecule has 2 bridgehead atoms. The first-order valence-electron chi connectivity index (χ1n) is 13.7. The Morgan fingerprint density at radius 3 is 2.08 bits per heavy atom. The minimum atomic E-state index is -3.60. The van der Waals surface area contributed by atoms with Gasteiger partial charge < -0.3 is 10.1 Å². The highest BCUT2D eigenvalue weighted by Crippen LogP contribution is 2.38. The highest BCUT2D eigenvalue weighted by molar-refractivity contribution is 7.89. The maximum atomic E-state index is 13.3. The summed E-state index contributed by atoms with van der Waals surface area (Å²) in [7, 11) is -1.92. The van der Waals surface area contributed by atoms with Crippen LogP contribution in [-0.2, 0) is 20.2 Å². The predicted molar refractivity (Wildman–Crippen MR) is 151 cm³/mol. The number of piperidine rings is 1. The van der Waals surface area contributed by atoms with E-state index in [1.807, 2.05) is 45.0 Å². The van der Waals surface area contributed by atoms with E-state index in [9.17, 15) is 13.2 Å². The summed E-state index contributed by atoms with van der Waals surface area (Å²) in [4.78, 5) is 15.3. The number of rotatable bonds is 9. The molecule has 2 aliphatic heterocycles. The van der Waals surface area contributed by atoms with Gasteiger partial charge in [0.1, 0.15) is 5.60 Å². The number of nitrogens with one attached hydrogen (secondary N) is 1. The highest BCUT2D eigenvalue weighted by Gasteiger charge is 2.42. The first kappa shape index (κ1) is 28.6. The van der Waals surface area contributed by atoms with Gasteiger partial charge in [0, 0.05) is 37.1 Å². The maximum Gasteiger partial charge on any atom is 0.407 e. The number of amides is 1. The van der Waals surface area contributed by atoms with Crippen molar-refractivity contribution in [2.75, 3.05) is 20.1 Å². The van der Waals surface area contributed by atoms with E-state index in [1.165, 1.54) is 4.31 Å². The zero-order chi connectivity index (χ0) is 27.6. The second-order valence-corrected chi connectivity index (χ2v) is 14.2. The average Bonchev–Trinajstić information content (AvgIpc) is 3.10. The van der Waals surface area contributed by atoms with E-state index in [1.54, 1.807) is 31.3 Å². The SMILES string of the molecule is CN(CC(C)(CCN1C2CCC1CC(NC(=O)OC(C)(C)C)C2)c1ccccc1)S(=O)(=O)c1ccccc1. The molecule has 0 saturated carbocycles. The van der Waals surface area contributed by atoms with Crippen LogP contribution in [0.3, 0.4) is 0 Å². The molecule has 208 valence electrons. The maximum absolute atomic E-state index is 13.3. The summed E-state index contributed by atoms with van der Waals surface area (Å²) in [6.45, 7) is 9.10. The average molecular weight is 542 g/mol. The molecule has 0 radical (unpaired) electrons. The zero-order valence-electron chi connectivity index (χ0n) is 23.4. The van der Waals surface area contributed by atoms with Crippen molar-refractivity contribution in [3.63, 3.8) is 0 Å². The molecule has 8 heteroatoms. The standard InChI is InChI=1S/C30H43N3O4S/c1-29(2,3)37-28(34)31-24-20-25-16-17-26(21-24)33(25)19-18-30(4,23-12-8-6-9-13-23)22-32(5)38(35,36)27-14-10-7-11-15-27/h6-15,24-26H,16-22H2,1-5H3,(H,31,34). The molecule has 2 saturated heterocycles. The summed E-state index contributed by atoms with van der Waals surface area (Å²) in [5, 5.41) is 3.09. The molecule has 2 aliphatic rings. The third-order valence-corrected chi connectivity index (χ3v) is 9.84. The van der Waals surface area contributed by atoms with E-state index in [0.29, 0.717) is 23.5 Å². The molecule has 0 aliphatic carbocycles. The van der Waals surface area contributed by atoms with Crippen molar-refractivity contribution < 1.29 is 17.9 Å². The number of ether oxygens (including phenoxy) is 1. The van der Waals surface area contributed by atoms with Gasteiger partial charge in [-0.15, -0.1) is 0 Å². The number of nitrogens with zero attached hydrogens (tertiary/aromatic N) is 2. The van der Waals surface area contributed by atoms with E-state index in [4.69, 9.17) is 4.74 Å². The fourth-order valence-electron chi connectivity index (χ4n) is 6.11. The first-order chi connectivity index (χ1) is 17.9. The van der Waals surface area contributed by atoms with E-state index in [0.717, 1.165) is 44.2 Å². The molecule has 4 rings (SSSR count). The summed E-state index contributed by atoms with van der Waals surface area (Å²) in [5.74, 6) is 0. The van der Waals surface area contributed by atoms with Crippen LogP contribution >= 0.6 is 0 Å².